The van der Waals surface area contributed by atoms with E-state index in [9.17, 15) is 9.18 Å². The molecule has 0 aliphatic rings. The molecular weight excluding hydrogens is 291 g/mol. The van der Waals surface area contributed by atoms with E-state index in [4.69, 9.17) is 0 Å². The maximum absolute atomic E-state index is 13.2. The Kier molecular flexibility index (Phi) is 4.06. The second kappa shape index (κ2) is 6.16. The molecule has 0 unspecified atom stereocenters. The SMILES string of the molecule is CC(C)c1c(/C=C/C=O)c(-c2ccc(F)cc2)nn2cccc12. The number of carbonyl (C=O) groups is 1. The van der Waals surface area contributed by atoms with Crippen molar-refractivity contribution in [3.8, 4) is 11.3 Å². The van der Waals surface area contributed by atoms with Crippen molar-refractivity contribution in [2.24, 2.45) is 0 Å². The van der Waals surface area contributed by atoms with Gasteiger partial charge in [-0.1, -0.05) is 13.8 Å². The molecule has 2 aromatic heterocycles. The topological polar surface area (TPSA) is 34.4 Å². The Balaban J connectivity index is 2.36. The van der Waals surface area contributed by atoms with Crippen molar-refractivity contribution >= 4 is 17.9 Å². The highest BCUT2D eigenvalue weighted by atomic mass is 19.1. The van der Waals surface area contributed by atoms with E-state index in [2.05, 4.69) is 18.9 Å². The summed E-state index contributed by atoms with van der Waals surface area (Å²) in [6.07, 6.45) is 5.89. The van der Waals surface area contributed by atoms with Gasteiger partial charge in [0, 0.05) is 17.3 Å². The molecule has 0 atom stereocenters. The van der Waals surface area contributed by atoms with Gasteiger partial charge in [-0.2, -0.15) is 5.10 Å². The Hall–Kier alpha value is -2.75. The average Bonchev–Trinajstić information content (AvgIpc) is 3.00. The Morgan fingerprint density at radius 2 is 1.91 bits per heavy atom. The normalized spacial score (nSPS) is 11.7. The van der Waals surface area contributed by atoms with Gasteiger partial charge in [-0.3, -0.25) is 4.79 Å². The molecule has 0 bridgehead atoms. The molecule has 4 heteroatoms. The third kappa shape index (κ3) is 2.80. The van der Waals surface area contributed by atoms with E-state index < -0.39 is 0 Å². The first-order valence-electron chi connectivity index (χ1n) is 7.51. The minimum atomic E-state index is -0.287. The molecule has 0 amide bonds. The summed E-state index contributed by atoms with van der Waals surface area (Å²) in [6, 6.07) is 10.2. The van der Waals surface area contributed by atoms with E-state index in [0.29, 0.717) is 0 Å². The summed E-state index contributed by atoms with van der Waals surface area (Å²) in [7, 11) is 0. The molecule has 0 saturated carbocycles. The summed E-state index contributed by atoms with van der Waals surface area (Å²) in [6.45, 7) is 4.21. The van der Waals surface area contributed by atoms with Crippen LogP contribution >= 0.6 is 0 Å². The number of aldehydes is 1. The summed E-state index contributed by atoms with van der Waals surface area (Å²) in [4.78, 5) is 10.8. The standard InChI is InChI=1S/C19H17FN2O/c1-13(2)18-16(5-4-12-23)19(14-7-9-15(20)10-8-14)21-22-11-3-6-17(18)22/h3-13H,1-2H3/b5-4+. The van der Waals surface area contributed by atoms with Crippen molar-refractivity contribution in [1.29, 1.82) is 0 Å². The lowest BCUT2D eigenvalue weighted by Gasteiger charge is -2.16. The van der Waals surface area contributed by atoms with Crippen LogP contribution in [-0.2, 0) is 4.79 Å². The van der Waals surface area contributed by atoms with E-state index in [1.165, 1.54) is 18.2 Å². The summed E-state index contributed by atoms with van der Waals surface area (Å²) >= 11 is 0. The zero-order chi connectivity index (χ0) is 16.4. The van der Waals surface area contributed by atoms with Gasteiger partial charge in [0.1, 0.15) is 12.1 Å². The van der Waals surface area contributed by atoms with Gasteiger partial charge in [-0.05, 0) is 60.0 Å². The highest BCUT2D eigenvalue weighted by Gasteiger charge is 2.17. The number of carbonyl (C=O) groups excluding carboxylic acids is 1. The fourth-order valence-corrected chi connectivity index (χ4v) is 2.83. The quantitative estimate of drug-likeness (QED) is 0.526. The van der Waals surface area contributed by atoms with Gasteiger partial charge in [-0.25, -0.2) is 8.91 Å². The van der Waals surface area contributed by atoms with Crippen molar-refractivity contribution in [1.82, 2.24) is 9.61 Å². The Morgan fingerprint density at radius 3 is 2.57 bits per heavy atom. The van der Waals surface area contributed by atoms with Crippen LogP contribution in [-0.4, -0.2) is 15.9 Å². The van der Waals surface area contributed by atoms with E-state index in [0.717, 1.165) is 34.2 Å². The van der Waals surface area contributed by atoms with Crippen LogP contribution in [0.2, 0.25) is 0 Å². The number of allylic oxidation sites excluding steroid dienone is 1. The van der Waals surface area contributed by atoms with Gasteiger partial charge in [-0.15, -0.1) is 0 Å². The van der Waals surface area contributed by atoms with Gasteiger partial charge in [0.25, 0.3) is 0 Å². The molecule has 1 aromatic carbocycles. The number of benzene rings is 1. The molecule has 0 radical (unpaired) electrons. The molecule has 3 aromatic rings. The highest BCUT2D eigenvalue weighted by Crippen LogP contribution is 2.32. The number of fused-ring (bicyclic) bond motifs is 1. The third-order valence-corrected chi connectivity index (χ3v) is 3.79. The first-order valence-corrected chi connectivity index (χ1v) is 7.51. The lowest BCUT2D eigenvalue weighted by molar-refractivity contribution is -0.104. The van der Waals surface area contributed by atoms with E-state index >= 15 is 0 Å². The fraction of sp³-hybridized carbons (Fsp3) is 0.158. The second-order valence-corrected chi connectivity index (χ2v) is 5.67. The van der Waals surface area contributed by atoms with Crippen molar-refractivity contribution in [3.63, 3.8) is 0 Å². The van der Waals surface area contributed by atoms with Gasteiger partial charge in [0.2, 0.25) is 0 Å². The molecule has 3 rings (SSSR count). The first-order chi connectivity index (χ1) is 11.1. The molecule has 0 fully saturated rings. The van der Waals surface area contributed by atoms with Crippen molar-refractivity contribution in [2.75, 3.05) is 0 Å². The van der Waals surface area contributed by atoms with Crippen LogP contribution < -0.4 is 0 Å². The van der Waals surface area contributed by atoms with Gasteiger partial charge in [0.05, 0.1) is 11.2 Å². The van der Waals surface area contributed by atoms with Crippen molar-refractivity contribution in [3.05, 3.63) is 65.6 Å². The van der Waals surface area contributed by atoms with Crippen molar-refractivity contribution in [2.45, 2.75) is 19.8 Å². The molecule has 116 valence electrons. The Labute approximate surface area is 134 Å². The van der Waals surface area contributed by atoms with Gasteiger partial charge >= 0.3 is 0 Å². The lowest BCUT2D eigenvalue weighted by atomic mass is 9.93. The third-order valence-electron chi connectivity index (χ3n) is 3.79. The van der Waals surface area contributed by atoms with Crippen molar-refractivity contribution < 1.29 is 9.18 Å². The highest BCUT2D eigenvalue weighted by molar-refractivity contribution is 5.83. The number of halogens is 1. The molecule has 0 spiro atoms. The monoisotopic (exact) mass is 308 g/mol. The van der Waals surface area contributed by atoms with Crippen LogP contribution in [0.1, 0.15) is 30.9 Å². The van der Waals surface area contributed by atoms with Crippen LogP contribution in [0.15, 0.2) is 48.7 Å². The van der Waals surface area contributed by atoms with Crippen LogP contribution in [0.25, 0.3) is 22.9 Å². The summed E-state index contributed by atoms with van der Waals surface area (Å²) in [5.74, 6) is -0.0363. The summed E-state index contributed by atoms with van der Waals surface area (Å²) < 4.78 is 15.1. The number of hydrogen-bond acceptors (Lipinski definition) is 2. The zero-order valence-electron chi connectivity index (χ0n) is 13.0. The molecule has 23 heavy (non-hydrogen) atoms. The smallest absolute Gasteiger partial charge is 0.142 e. The van der Waals surface area contributed by atoms with E-state index in [1.54, 1.807) is 18.2 Å². The van der Waals surface area contributed by atoms with Crippen LogP contribution in [0.3, 0.4) is 0 Å². The molecule has 0 aliphatic carbocycles. The largest absolute Gasteiger partial charge is 0.299 e. The summed E-state index contributed by atoms with van der Waals surface area (Å²) in [5, 5.41) is 4.66. The van der Waals surface area contributed by atoms with Crippen LogP contribution in [0.5, 0.6) is 0 Å². The fourth-order valence-electron chi connectivity index (χ4n) is 2.83. The predicted octanol–water partition coefficient (Wildman–Crippen LogP) is 4.48. The van der Waals surface area contributed by atoms with Crippen LogP contribution in [0, 0.1) is 5.82 Å². The van der Waals surface area contributed by atoms with Gasteiger partial charge in [0.15, 0.2) is 0 Å². The zero-order valence-corrected chi connectivity index (χ0v) is 13.0. The van der Waals surface area contributed by atoms with E-state index in [-0.39, 0.29) is 11.7 Å². The molecule has 0 N–H and O–H groups in total. The minimum Gasteiger partial charge on any atom is -0.299 e. The number of hydrogen-bond donors (Lipinski definition) is 0. The van der Waals surface area contributed by atoms with Crippen LogP contribution in [0.4, 0.5) is 4.39 Å². The maximum atomic E-state index is 13.2. The Bertz CT molecular complexity index is 876. The average molecular weight is 308 g/mol. The molecule has 0 saturated heterocycles. The molecule has 3 nitrogen and oxygen atoms in total. The molecule has 0 aliphatic heterocycles. The second-order valence-electron chi connectivity index (χ2n) is 5.67. The van der Waals surface area contributed by atoms with E-state index in [1.807, 2.05) is 22.8 Å². The minimum absolute atomic E-state index is 0.251. The first kappa shape index (κ1) is 15.2. The lowest BCUT2D eigenvalue weighted by Crippen LogP contribution is -2.04. The number of rotatable bonds is 4. The molecule has 2 heterocycles. The van der Waals surface area contributed by atoms with Gasteiger partial charge < -0.3 is 0 Å². The number of nitrogens with zero attached hydrogens (tertiary/aromatic N) is 2. The molecular formula is C19H17FN2O. The Morgan fingerprint density at radius 1 is 1.17 bits per heavy atom. The number of aromatic nitrogens is 2. The predicted molar refractivity (Wildman–Crippen MR) is 89.8 cm³/mol. The summed E-state index contributed by atoms with van der Waals surface area (Å²) in [5.41, 5.74) is 4.56. The maximum Gasteiger partial charge on any atom is 0.142 e.